The van der Waals surface area contributed by atoms with Crippen molar-refractivity contribution >= 4 is 17.3 Å². The first-order valence-corrected chi connectivity index (χ1v) is 6.80. The number of hydrogen-bond acceptors (Lipinski definition) is 4. The molecule has 0 saturated heterocycles. The number of esters is 1. The Kier molecular flexibility index (Phi) is 5.15. The molecular formula is C13H21NO2S. The third kappa shape index (κ3) is 5.84. The molecule has 3 nitrogen and oxygen atoms in total. The van der Waals surface area contributed by atoms with Crippen molar-refractivity contribution in [1.82, 2.24) is 5.32 Å². The van der Waals surface area contributed by atoms with Crippen molar-refractivity contribution in [2.75, 3.05) is 6.54 Å². The fraction of sp³-hybridized carbons (Fsp3) is 0.615. The van der Waals surface area contributed by atoms with E-state index in [-0.39, 0.29) is 12.0 Å². The number of hydrogen-bond donors (Lipinski definition) is 1. The van der Waals surface area contributed by atoms with Crippen molar-refractivity contribution in [3.63, 3.8) is 0 Å². The van der Waals surface area contributed by atoms with Gasteiger partial charge in [-0.05, 0) is 50.1 Å². The monoisotopic (exact) mass is 255 g/mol. The number of carbonyl (C=O) groups excluding carboxylic acids is 1. The van der Waals surface area contributed by atoms with Gasteiger partial charge in [0, 0.05) is 12.6 Å². The summed E-state index contributed by atoms with van der Waals surface area (Å²) in [7, 11) is 0. The van der Waals surface area contributed by atoms with E-state index in [1.54, 1.807) is 11.3 Å². The van der Waals surface area contributed by atoms with Crippen molar-refractivity contribution < 1.29 is 9.53 Å². The average molecular weight is 255 g/mol. The second-order valence-corrected chi connectivity index (χ2v) is 5.85. The van der Waals surface area contributed by atoms with Gasteiger partial charge in [0.05, 0.1) is 6.42 Å². The van der Waals surface area contributed by atoms with Crippen LogP contribution in [0.3, 0.4) is 0 Å². The van der Waals surface area contributed by atoms with Gasteiger partial charge in [-0.1, -0.05) is 0 Å². The Bertz CT molecular complexity index is 341. The molecule has 0 amide bonds. The quantitative estimate of drug-likeness (QED) is 0.821. The second-order valence-electron chi connectivity index (χ2n) is 5.07. The summed E-state index contributed by atoms with van der Waals surface area (Å²) in [5, 5.41) is 7.48. The maximum Gasteiger partial charge on any atom is 0.307 e. The molecule has 0 aromatic carbocycles. The Balaban J connectivity index is 2.22. The van der Waals surface area contributed by atoms with Gasteiger partial charge in [-0.2, -0.15) is 11.3 Å². The first-order valence-electron chi connectivity index (χ1n) is 5.86. The highest BCUT2D eigenvalue weighted by atomic mass is 32.1. The summed E-state index contributed by atoms with van der Waals surface area (Å²) in [5.74, 6) is -0.150. The van der Waals surface area contributed by atoms with Crippen molar-refractivity contribution in [2.24, 2.45) is 0 Å². The van der Waals surface area contributed by atoms with Crippen molar-refractivity contribution in [3.05, 3.63) is 22.4 Å². The lowest BCUT2D eigenvalue weighted by molar-refractivity contribution is -0.154. The fourth-order valence-corrected chi connectivity index (χ4v) is 2.18. The summed E-state index contributed by atoms with van der Waals surface area (Å²) in [6, 6.07) is 2.37. The molecule has 0 spiro atoms. The molecule has 0 radical (unpaired) electrons. The Morgan fingerprint density at radius 1 is 1.53 bits per heavy atom. The summed E-state index contributed by atoms with van der Waals surface area (Å²) in [6.45, 7) is 8.38. The van der Waals surface area contributed by atoms with Crippen LogP contribution in [0.4, 0.5) is 0 Å². The minimum Gasteiger partial charge on any atom is -0.460 e. The molecule has 1 atom stereocenters. The Morgan fingerprint density at radius 2 is 2.24 bits per heavy atom. The largest absolute Gasteiger partial charge is 0.460 e. The van der Waals surface area contributed by atoms with Crippen molar-refractivity contribution in [3.8, 4) is 0 Å². The molecule has 1 aromatic rings. The van der Waals surface area contributed by atoms with E-state index in [0.717, 1.165) is 0 Å². The van der Waals surface area contributed by atoms with Crippen LogP contribution in [0.5, 0.6) is 0 Å². The van der Waals surface area contributed by atoms with Gasteiger partial charge in [0.25, 0.3) is 0 Å². The smallest absolute Gasteiger partial charge is 0.307 e. The highest BCUT2D eigenvalue weighted by Crippen LogP contribution is 2.15. The molecule has 1 N–H and O–H groups in total. The van der Waals surface area contributed by atoms with E-state index >= 15 is 0 Å². The zero-order chi connectivity index (χ0) is 12.9. The van der Waals surface area contributed by atoms with Crippen molar-refractivity contribution in [2.45, 2.75) is 45.8 Å². The molecule has 0 aliphatic heterocycles. The SMILES string of the molecule is CC(NCCC(=O)OC(C)(C)C)c1ccsc1. The number of rotatable bonds is 5. The maximum absolute atomic E-state index is 11.5. The van der Waals surface area contributed by atoms with Gasteiger partial charge in [-0.15, -0.1) is 0 Å². The van der Waals surface area contributed by atoms with Gasteiger partial charge in [0.1, 0.15) is 5.60 Å². The number of carbonyl (C=O) groups is 1. The molecule has 1 rings (SSSR count). The normalized spacial score (nSPS) is 13.4. The summed E-state index contributed by atoms with van der Waals surface area (Å²) in [4.78, 5) is 11.5. The zero-order valence-electron chi connectivity index (χ0n) is 10.9. The topological polar surface area (TPSA) is 38.3 Å². The van der Waals surface area contributed by atoms with Gasteiger partial charge in [0.15, 0.2) is 0 Å². The van der Waals surface area contributed by atoms with Crippen LogP contribution < -0.4 is 5.32 Å². The molecule has 0 aliphatic carbocycles. The third-order valence-electron chi connectivity index (χ3n) is 2.24. The van der Waals surface area contributed by atoms with Crippen LogP contribution in [0.15, 0.2) is 16.8 Å². The fourth-order valence-electron chi connectivity index (χ4n) is 1.42. The van der Waals surface area contributed by atoms with Crippen LogP contribution >= 0.6 is 11.3 Å². The minimum atomic E-state index is -0.393. The van der Waals surface area contributed by atoms with Crippen LogP contribution in [-0.2, 0) is 9.53 Å². The van der Waals surface area contributed by atoms with E-state index in [0.29, 0.717) is 13.0 Å². The van der Waals surface area contributed by atoms with Crippen LogP contribution in [0.1, 0.15) is 45.7 Å². The highest BCUT2D eigenvalue weighted by molar-refractivity contribution is 7.07. The first kappa shape index (κ1) is 14.2. The van der Waals surface area contributed by atoms with E-state index in [2.05, 4.69) is 29.1 Å². The minimum absolute atomic E-state index is 0.150. The van der Waals surface area contributed by atoms with Gasteiger partial charge in [0.2, 0.25) is 0 Å². The molecular weight excluding hydrogens is 234 g/mol. The Hall–Kier alpha value is -0.870. The van der Waals surface area contributed by atoms with Crippen LogP contribution in [0, 0.1) is 0 Å². The molecule has 17 heavy (non-hydrogen) atoms. The number of nitrogens with one attached hydrogen (secondary N) is 1. The van der Waals surface area contributed by atoms with E-state index < -0.39 is 5.60 Å². The Morgan fingerprint density at radius 3 is 2.76 bits per heavy atom. The maximum atomic E-state index is 11.5. The van der Waals surface area contributed by atoms with Gasteiger partial charge in [-0.3, -0.25) is 4.79 Å². The molecule has 1 unspecified atom stereocenters. The molecule has 1 aromatic heterocycles. The number of thiophene rings is 1. The van der Waals surface area contributed by atoms with Crippen molar-refractivity contribution in [1.29, 1.82) is 0 Å². The summed E-state index contributed by atoms with van der Waals surface area (Å²) in [6.07, 6.45) is 0.408. The molecule has 1 heterocycles. The van der Waals surface area contributed by atoms with Crippen LogP contribution in [-0.4, -0.2) is 18.1 Å². The second kappa shape index (κ2) is 6.17. The summed E-state index contributed by atoms with van der Waals surface area (Å²) in [5.41, 5.74) is 0.870. The van der Waals surface area contributed by atoms with E-state index in [1.807, 2.05) is 20.8 Å². The van der Waals surface area contributed by atoms with E-state index in [9.17, 15) is 4.79 Å². The first-order chi connectivity index (χ1) is 7.88. The van der Waals surface area contributed by atoms with E-state index in [4.69, 9.17) is 4.74 Å². The number of ether oxygens (including phenoxy) is 1. The van der Waals surface area contributed by atoms with Crippen LogP contribution in [0.2, 0.25) is 0 Å². The van der Waals surface area contributed by atoms with Gasteiger partial charge < -0.3 is 10.1 Å². The Labute approximate surface area is 107 Å². The molecule has 0 fully saturated rings. The van der Waals surface area contributed by atoms with E-state index in [1.165, 1.54) is 5.56 Å². The average Bonchev–Trinajstić information content (AvgIpc) is 2.66. The molecule has 4 heteroatoms. The lowest BCUT2D eigenvalue weighted by atomic mass is 10.2. The lowest BCUT2D eigenvalue weighted by Gasteiger charge is -2.20. The lowest BCUT2D eigenvalue weighted by Crippen LogP contribution is -2.27. The standard InChI is InChI=1S/C13H21NO2S/c1-10(11-6-8-17-9-11)14-7-5-12(15)16-13(2,3)4/h6,8-10,14H,5,7H2,1-4H3. The predicted molar refractivity (Wildman–Crippen MR) is 71.2 cm³/mol. The van der Waals surface area contributed by atoms with Crippen LogP contribution in [0.25, 0.3) is 0 Å². The molecule has 0 bridgehead atoms. The van der Waals surface area contributed by atoms with Gasteiger partial charge >= 0.3 is 5.97 Å². The van der Waals surface area contributed by atoms with Gasteiger partial charge in [-0.25, -0.2) is 0 Å². The highest BCUT2D eigenvalue weighted by Gasteiger charge is 2.16. The third-order valence-corrected chi connectivity index (χ3v) is 2.94. The molecule has 96 valence electrons. The predicted octanol–water partition coefficient (Wildman–Crippen LogP) is 3.13. The summed E-state index contributed by atoms with van der Waals surface area (Å²) >= 11 is 1.68. The summed E-state index contributed by atoms with van der Waals surface area (Å²) < 4.78 is 5.23. The molecule has 0 aliphatic rings. The zero-order valence-corrected chi connectivity index (χ0v) is 11.8. The molecule has 0 saturated carbocycles.